The first-order chi connectivity index (χ1) is 35.5. The Hall–Kier alpha value is -8.98. The second kappa shape index (κ2) is 15.3. The van der Waals surface area contributed by atoms with Crippen LogP contribution < -0.4 is 4.90 Å². The van der Waals surface area contributed by atoms with Gasteiger partial charge in [0.2, 0.25) is 0 Å². The van der Waals surface area contributed by atoms with Crippen molar-refractivity contribution in [1.29, 1.82) is 0 Å². The Morgan fingerprint density at radius 3 is 1.43 bits per heavy atom. The van der Waals surface area contributed by atoms with Crippen molar-refractivity contribution in [2.24, 2.45) is 0 Å². The number of fused-ring (bicyclic) bond motifs is 16. The van der Waals surface area contributed by atoms with Crippen molar-refractivity contribution in [2.45, 2.75) is 24.7 Å². The van der Waals surface area contributed by atoms with E-state index in [1.54, 1.807) is 0 Å². The average Bonchev–Trinajstić information content (AvgIpc) is 4.12. The molecule has 2 heteroatoms. The highest BCUT2D eigenvalue weighted by atomic mass is 15.1. The van der Waals surface area contributed by atoms with Gasteiger partial charge < -0.3 is 9.47 Å². The summed E-state index contributed by atoms with van der Waals surface area (Å²) in [5.41, 5.74) is 27.1. The number of rotatable bonds is 6. The van der Waals surface area contributed by atoms with Gasteiger partial charge in [0.1, 0.15) is 0 Å². The molecule has 12 aromatic rings. The van der Waals surface area contributed by atoms with Gasteiger partial charge >= 0.3 is 0 Å². The van der Waals surface area contributed by atoms with Gasteiger partial charge in [0.05, 0.1) is 27.8 Å². The first kappa shape index (κ1) is 40.9. The molecule has 15 rings (SSSR count). The van der Waals surface area contributed by atoms with Gasteiger partial charge in [-0.25, -0.2) is 0 Å². The summed E-state index contributed by atoms with van der Waals surface area (Å²) in [4.78, 5) is 2.51. The van der Waals surface area contributed by atoms with Crippen LogP contribution in [0, 0.1) is 0 Å². The molecular formula is C70H48N2. The molecule has 0 unspecified atom stereocenters. The first-order valence-corrected chi connectivity index (χ1v) is 25.3. The van der Waals surface area contributed by atoms with Crippen LogP contribution in [-0.4, -0.2) is 4.57 Å². The van der Waals surface area contributed by atoms with Crippen LogP contribution in [0.2, 0.25) is 0 Å². The van der Waals surface area contributed by atoms with Crippen molar-refractivity contribution in [1.82, 2.24) is 4.57 Å². The molecule has 11 aromatic carbocycles. The number of para-hydroxylation sites is 4. The Bertz CT molecular complexity index is 4110. The van der Waals surface area contributed by atoms with Gasteiger partial charge in [-0.3, -0.25) is 0 Å². The van der Waals surface area contributed by atoms with E-state index in [-0.39, 0.29) is 5.41 Å². The molecule has 0 saturated heterocycles. The van der Waals surface area contributed by atoms with E-state index in [9.17, 15) is 0 Å². The number of benzene rings is 11. The summed E-state index contributed by atoms with van der Waals surface area (Å²) in [5, 5.41) is 2.51. The van der Waals surface area contributed by atoms with Gasteiger partial charge in [-0.15, -0.1) is 0 Å². The molecule has 3 aliphatic carbocycles. The third-order valence-corrected chi connectivity index (χ3v) is 16.4. The van der Waals surface area contributed by atoms with Gasteiger partial charge in [-0.1, -0.05) is 220 Å². The number of nitrogens with zero attached hydrogens (tertiary/aromatic N) is 2. The second-order valence-electron chi connectivity index (χ2n) is 20.3. The van der Waals surface area contributed by atoms with Crippen molar-refractivity contribution in [3.8, 4) is 61.3 Å². The zero-order valence-corrected chi connectivity index (χ0v) is 40.1. The zero-order valence-electron chi connectivity index (χ0n) is 40.1. The Balaban J connectivity index is 0.946. The van der Waals surface area contributed by atoms with Crippen molar-refractivity contribution >= 4 is 38.9 Å². The Labute approximate surface area is 420 Å². The highest BCUT2D eigenvalue weighted by molar-refractivity contribution is 6.10. The van der Waals surface area contributed by atoms with Crippen LogP contribution >= 0.6 is 0 Å². The van der Waals surface area contributed by atoms with Crippen molar-refractivity contribution in [3.63, 3.8) is 0 Å². The van der Waals surface area contributed by atoms with Gasteiger partial charge in [0.15, 0.2) is 0 Å². The topological polar surface area (TPSA) is 8.17 Å². The van der Waals surface area contributed by atoms with Crippen LogP contribution in [0.4, 0.5) is 17.1 Å². The van der Waals surface area contributed by atoms with E-state index in [2.05, 4.69) is 278 Å². The minimum absolute atomic E-state index is 0.122. The summed E-state index contributed by atoms with van der Waals surface area (Å²) in [7, 11) is 0. The Morgan fingerprint density at radius 2 is 0.778 bits per heavy atom. The zero-order chi connectivity index (χ0) is 47.7. The van der Waals surface area contributed by atoms with Gasteiger partial charge in [0, 0.05) is 38.7 Å². The summed E-state index contributed by atoms with van der Waals surface area (Å²) in [6, 6.07) is 95.2. The van der Waals surface area contributed by atoms with Crippen LogP contribution in [-0.2, 0) is 10.8 Å². The highest BCUT2D eigenvalue weighted by Crippen LogP contribution is 2.63. The standard InChI is InChI=1S/C70H48N2/c1-69(2)58-29-11-6-27-56(58)68-55(28-19-33-63(68)69)54-26-10-16-35-65(54)71(46-40-38-45(39-41-46)48-20-7-15-34-64(48)72-66-36-17-8-24-52(66)53-25-9-18-37-67(53)72)47-42-43-62-57(44-47)51-23-5-14-32-61(51)70(62)59-30-12-3-21-49(59)50-22-4-13-31-60(50)70/h3-44H,1-2H3. The molecule has 72 heavy (non-hydrogen) atoms. The van der Waals surface area contributed by atoms with Gasteiger partial charge in [-0.05, 0) is 126 Å². The second-order valence-corrected chi connectivity index (χ2v) is 20.3. The van der Waals surface area contributed by atoms with Gasteiger partial charge in [0.25, 0.3) is 0 Å². The molecular weight excluding hydrogens is 869 g/mol. The quantitative estimate of drug-likeness (QED) is 0.161. The molecule has 0 amide bonds. The molecule has 0 bridgehead atoms. The van der Waals surface area contributed by atoms with E-state index < -0.39 is 5.41 Å². The minimum Gasteiger partial charge on any atom is -0.310 e. The van der Waals surface area contributed by atoms with Crippen LogP contribution in [0.3, 0.4) is 0 Å². The lowest BCUT2D eigenvalue weighted by molar-refractivity contribution is 0.660. The predicted octanol–water partition coefficient (Wildman–Crippen LogP) is 18.2. The fraction of sp³-hybridized carbons (Fsp3) is 0.0571. The molecule has 2 nitrogen and oxygen atoms in total. The maximum absolute atomic E-state index is 2.51. The van der Waals surface area contributed by atoms with Crippen LogP contribution in [0.25, 0.3) is 83.1 Å². The molecule has 0 aliphatic heterocycles. The fourth-order valence-electron chi connectivity index (χ4n) is 13.4. The molecule has 0 N–H and O–H groups in total. The normalized spacial score (nSPS) is 13.9. The molecule has 0 radical (unpaired) electrons. The summed E-state index contributed by atoms with van der Waals surface area (Å²) < 4.78 is 2.44. The first-order valence-electron chi connectivity index (χ1n) is 25.3. The van der Waals surface area contributed by atoms with E-state index in [1.807, 2.05) is 0 Å². The summed E-state index contributed by atoms with van der Waals surface area (Å²) >= 11 is 0. The fourth-order valence-corrected chi connectivity index (χ4v) is 13.4. The Morgan fingerprint density at radius 1 is 0.319 bits per heavy atom. The summed E-state index contributed by atoms with van der Waals surface area (Å²) in [6.07, 6.45) is 0. The number of hydrogen-bond acceptors (Lipinski definition) is 1. The maximum atomic E-state index is 2.51. The summed E-state index contributed by atoms with van der Waals surface area (Å²) in [5.74, 6) is 0. The lowest BCUT2D eigenvalue weighted by Gasteiger charge is -2.32. The average molecular weight is 917 g/mol. The van der Waals surface area contributed by atoms with E-state index in [0.29, 0.717) is 0 Å². The monoisotopic (exact) mass is 916 g/mol. The molecule has 1 aromatic heterocycles. The lowest BCUT2D eigenvalue weighted by Crippen LogP contribution is -2.25. The SMILES string of the molecule is CC1(C)c2ccccc2-c2c(-c3ccccc3N(c3ccc(-c4ccccc4-n4c5ccccc5c5ccccc54)cc3)c3ccc4c(c3)-c3ccccc3C43c4ccccc4-c4ccccc43)cccc21. The van der Waals surface area contributed by atoms with Crippen LogP contribution in [0.5, 0.6) is 0 Å². The lowest BCUT2D eigenvalue weighted by atomic mass is 9.70. The highest BCUT2D eigenvalue weighted by Gasteiger charge is 2.51. The van der Waals surface area contributed by atoms with Gasteiger partial charge in [-0.2, -0.15) is 0 Å². The van der Waals surface area contributed by atoms with E-state index in [4.69, 9.17) is 0 Å². The minimum atomic E-state index is -0.420. The third-order valence-electron chi connectivity index (χ3n) is 16.4. The molecule has 0 atom stereocenters. The third kappa shape index (κ3) is 5.49. The van der Waals surface area contributed by atoms with Crippen molar-refractivity contribution < 1.29 is 0 Å². The molecule has 1 spiro atoms. The van der Waals surface area contributed by atoms with E-state index in [1.165, 1.54) is 105 Å². The largest absolute Gasteiger partial charge is 0.310 e. The van der Waals surface area contributed by atoms with Crippen molar-refractivity contribution in [2.75, 3.05) is 4.90 Å². The summed E-state index contributed by atoms with van der Waals surface area (Å²) in [6.45, 7) is 4.74. The smallest absolute Gasteiger partial charge is 0.0725 e. The van der Waals surface area contributed by atoms with E-state index >= 15 is 0 Å². The molecule has 1 heterocycles. The molecule has 338 valence electrons. The maximum Gasteiger partial charge on any atom is 0.0725 e. The number of hydrogen-bond donors (Lipinski definition) is 0. The number of anilines is 3. The molecule has 0 saturated carbocycles. The number of aromatic nitrogens is 1. The molecule has 3 aliphatic rings. The van der Waals surface area contributed by atoms with Crippen LogP contribution in [0.15, 0.2) is 255 Å². The molecule has 0 fully saturated rings. The Kier molecular flexibility index (Phi) is 8.66. The van der Waals surface area contributed by atoms with E-state index in [0.717, 1.165) is 28.3 Å². The predicted molar refractivity (Wildman–Crippen MR) is 300 cm³/mol. The van der Waals surface area contributed by atoms with Crippen molar-refractivity contribution in [3.05, 3.63) is 288 Å². The van der Waals surface area contributed by atoms with Crippen LogP contribution in [0.1, 0.15) is 47.2 Å².